The van der Waals surface area contributed by atoms with Crippen LogP contribution in [0.15, 0.2) is 36.4 Å². The number of ether oxygens (including phenoxy) is 1. The maximum atomic E-state index is 10.9. The molecule has 2 rings (SSSR count). The van der Waals surface area contributed by atoms with Crippen LogP contribution >= 0.6 is 0 Å². The molecular weight excluding hydrogens is 264 g/mol. The Hall–Kier alpha value is -2.96. The Bertz CT molecular complexity index is 684. The first-order chi connectivity index (χ1) is 9.47. The summed E-state index contributed by atoms with van der Waals surface area (Å²) in [6.45, 7) is 1.55. The van der Waals surface area contributed by atoms with Crippen molar-refractivity contribution >= 4 is 11.7 Å². The molecule has 7 nitrogen and oxygen atoms in total. The van der Waals surface area contributed by atoms with Gasteiger partial charge in [-0.15, -0.1) is 0 Å². The van der Waals surface area contributed by atoms with E-state index in [0.717, 1.165) is 0 Å². The Balaban J connectivity index is 2.26. The number of non-ortho nitro benzene ring substituents is 1. The molecule has 0 aliphatic carbocycles. The van der Waals surface area contributed by atoms with Gasteiger partial charge in [0, 0.05) is 12.1 Å². The number of hydrogen-bond donors (Lipinski definition) is 1. The summed E-state index contributed by atoms with van der Waals surface area (Å²) < 4.78 is 5.38. The summed E-state index contributed by atoms with van der Waals surface area (Å²) in [4.78, 5) is 25.0. The first-order valence-corrected chi connectivity index (χ1v) is 5.60. The SMILES string of the molecule is Cc1nc(Oc2cccc([N+](=O)[O-])c2)ccc1C(=O)O. The summed E-state index contributed by atoms with van der Waals surface area (Å²) >= 11 is 0. The maximum absolute atomic E-state index is 10.9. The van der Waals surface area contributed by atoms with Gasteiger partial charge in [-0.1, -0.05) is 6.07 Å². The molecule has 0 amide bonds. The molecule has 0 atom stereocenters. The lowest BCUT2D eigenvalue weighted by molar-refractivity contribution is -0.384. The minimum atomic E-state index is -1.07. The maximum Gasteiger partial charge on any atom is 0.337 e. The molecule has 0 bridgehead atoms. The summed E-state index contributed by atoms with van der Waals surface area (Å²) in [6, 6.07) is 8.43. The van der Waals surface area contributed by atoms with Crippen LogP contribution in [0.4, 0.5) is 5.69 Å². The average Bonchev–Trinajstić information content (AvgIpc) is 2.38. The van der Waals surface area contributed by atoms with Crippen molar-refractivity contribution in [2.24, 2.45) is 0 Å². The molecule has 1 N–H and O–H groups in total. The van der Waals surface area contributed by atoms with Crippen molar-refractivity contribution in [3.8, 4) is 11.6 Å². The molecule has 0 saturated heterocycles. The van der Waals surface area contributed by atoms with E-state index in [1.807, 2.05) is 0 Å². The Kier molecular flexibility index (Phi) is 3.60. The van der Waals surface area contributed by atoms with E-state index in [1.54, 1.807) is 13.0 Å². The number of aromatic nitrogens is 1. The van der Waals surface area contributed by atoms with Gasteiger partial charge in [0.25, 0.3) is 5.69 Å². The van der Waals surface area contributed by atoms with Crippen LogP contribution in [0, 0.1) is 17.0 Å². The summed E-state index contributed by atoms with van der Waals surface area (Å²) in [5.41, 5.74) is 0.290. The highest BCUT2D eigenvalue weighted by Gasteiger charge is 2.11. The number of benzene rings is 1. The van der Waals surface area contributed by atoms with Crippen molar-refractivity contribution in [2.45, 2.75) is 6.92 Å². The Morgan fingerprint density at radius 3 is 2.70 bits per heavy atom. The lowest BCUT2D eigenvalue weighted by Crippen LogP contribution is -2.02. The lowest BCUT2D eigenvalue weighted by atomic mass is 10.2. The van der Waals surface area contributed by atoms with Gasteiger partial charge in [-0.25, -0.2) is 9.78 Å². The van der Waals surface area contributed by atoms with Crippen LogP contribution in [-0.4, -0.2) is 21.0 Å². The van der Waals surface area contributed by atoms with Crippen LogP contribution in [0.1, 0.15) is 16.1 Å². The number of carboxylic acids is 1. The van der Waals surface area contributed by atoms with Crippen LogP contribution < -0.4 is 4.74 Å². The highest BCUT2D eigenvalue weighted by molar-refractivity contribution is 5.88. The van der Waals surface area contributed by atoms with E-state index in [0.29, 0.717) is 5.69 Å². The van der Waals surface area contributed by atoms with Crippen LogP contribution in [0.2, 0.25) is 0 Å². The fraction of sp³-hybridized carbons (Fsp3) is 0.0769. The average molecular weight is 274 g/mol. The molecule has 1 aromatic heterocycles. The van der Waals surface area contributed by atoms with Crippen LogP contribution in [-0.2, 0) is 0 Å². The van der Waals surface area contributed by atoms with E-state index in [9.17, 15) is 14.9 Å². The number of hydrogen-bond acceptors (Lipinski definition) is 5. The van der Waals surface area contributed by atoms with Crippen molar-refractivity contribution in [2.75, 3.05) is 0 Å². The van der Waals surface area contributed by atoms with Gasteiger partial charge in [0.1, 0.15) is 5.75 Å². The third-order valence-corrected chi connectivity index (χ3v) is 2.54. The molecule has 102 valence electrons. The summed E-state index contributed by atoms with van der Waals surface area (Å²) in [5, 5.41) is 19.5. The van der Waals surface area contributed by atoms with Gasteiger partial charge in [0.2, 0.25) is 5.88 Å². The number of aromatic carboxylic acids is 1. The molecule has 1 aromatic carbocycles. The van der Waals surface area contributed by atoms with E-state index in [1.165, 1.54) is 30.3 Å². The third-order valence-electron chi connectivity index (χ3n) is 2.54. The number of rotatable bonds is 4. The number of nitrogens with zero attached hydrogens (tertiary/aromatic N) is 2. The molecule has 0 fully saturated rings. The number of pyridine rings is 1. The van der Waals surface area contributed by atoms with E-state index in [4.69, 9.17) is 9.84 Å². The van der Waals surface area contributed by atoms with Gasteiger partial charge in [-0.2, -0.15) is 0 Å². The van der Waals surface area contributed by atoms with Gasteiger partial charge >= 0.3 is 5.97 Å². The quantitative estimate of drug-likeness (QED) is 0.679. The monoisotopic (exact) mass is 274 g/mol. The predicted octanol–water partition coefficient (Wildman–Crippen LogP) is 2.79. The molecule has 7 heteroatoms. The van der Waals surface area contributed by atoms with Crippen LogP contribution in [0.5, 0.6) is 11.6 Å². The second-order valence-electron chi connectivity index (χ2n) is 3.94. The van der Waals surface area contributed by atoms with E-state index in [-0.39, 0.29) is 22.9 Å². The molecule has 0 spiro atoms. The van der Waals surface area contributed by atoms with E-state index < -0.39 is 10.9 Å². The molecular formula is C13H10N2O5. The minimum absolute atomic E-state index is 0.0800. The van der Waals surface area contributed by atoms with E-state index in [2.05, 4.69) is 4.98 Å². The van der Waals surface area contributed by atoms with Crippen molar-refractivity contribution in [1.29, 1.82) is 0 Å². The fourth-order valence-electron chi connectivity index (χ4n) is 1.60. The second-order valence-corrected chi connectivity index (χ2v) is 3.94. The largest absolute Gasteiger partial charge is 0.478 e. The zero-order valence-electron chi connectivity index (χ0n) is 10.4. The third kappa shape index (κ3) is 2.89. The number of carbonyl (C=O) groups is 1. The molecule has 0 saturated carbocycles. The smallest absolute Gasteiger partial charge is 0.337 e. The topological polar surface area (TPSA) is 103 Å². The van der Waals surface area contributed by atoms with Crippen LogP contribution in [0.25, 0.3) is 0 Å². The standard InChI is InChI=1S/C13H10N2O5/c1-8-11(13(16)17)5-6-12(14-8)20-10-4-2-3-9(7-10)15(18)19/h2-7H,1H3,(H,16,17). The molecule has 0 radical (unpaired) electrons. The van der Waals surface area contributed by atoms with Gasteiger partial charge in [0.15, 0.2) is 0 Å². The Morgan fingerprint density at radius 2 is 2.10 bits per heavy atom. The van der Waals surface area contributed by atoms with Gasteiger partial charge in [0.05, 0.1) is 22.2 Å². The number of nitro groups is 1. The molecule has 20 heavy (non-hydrogen) atoms. The second kappa shape index (κ2) is 5.35. The molecule has 0 aliphatic heterocycles. The Labute approximate surface area is 113 Å². The van der Waals surface area contributed by atoms with Crippen LogP contribution in [0.3, 0.4) is 0 Å². The lowest BCUT2D eigenvalue weighted by Gasteiger charge is -2.06. The zero-order chi connectivity index (χ0) is 14.7. The van der Waals surface area contributed by atoms with Crippen molar-refractivity contribution < 1.29 is 19.6 Å². The number of carboxylic acid groups (broad SMARTS) is 1. The summed E-state index contributed by atoms with van der Waals surface area (Å²) in [5.74, 6) is -0.640. The summed E-state index contributed by atoms with van der Waals surface area (Å²) in [6.07, 6.45) is 0. The highest BCUT2D eigenvalue weighted by Crippen LogP contribution is 2.24. The van der Waals surface area contributed by atoms with E-state index >= 15 is 0 Å². The van der Waals surface area contributed by atoms with Crippen molar-refractivity contribution in [3.05, 3.63) is 57.8 Å². The van der Waals surface area contributed by atoms with Gasteiger partial charge in [-0.05, 0) is 19.1 Å². The first kappa shape index (κ1) is 13.5. The Morgan fingerprint density at radius 1 is 1.35 bits per heavy atom. The van der Waals surface area contributed by atoms with Gasteiger partial charge in [-0.3, -0.25) is 10.1 Å². The predicted molar refractivity (Wildman–Crippen MR) is 69.1 cm³/mol. The van der Waals surface area contributed by atoms with Gasteiger partial charge < -0.3 is 9.84 Å². The normalized spacial score (nSPS) is 10.1. The van der Waals surface area contributed by atoms with Crippen molar-refractivity contribution in [1.82, 2.24) is 4.98 Å². The zero-order valence-corrected chi connectivity index (χ0v) is 10.4. The fourth-order valence-corrected chi connectivity index (χ4v) is 1.60. The summed E-state index contributed by atoms with van der Waals surface area (Å²) in [7, 11) is 0. The highest BCUT2D eigenvalue weighted by atomic mass is 16.6. The molecule has 0 aliphatic rings. The molecule has 2 aromatic rings. The number of nitro benzene ring substituents is 1. The number of aryl methyl sites for hydroxylation is 1. The minimum Gasteiger partial charge on any atom is -0.478 e. The molecule has 0 unspecified atom stereocenters. The van der Waals surface area contributed by atoms with Crippen molar-refractivity contribution in [3.63, 3.8) is 0 Å². The first-order valence-electron chi connectivity index (χ1n) is 5.60. The molecule has 1 heterocycles.